The summed E-state index contributed by atoms with van der Waals surface area (Å²) in [6, 6.07) is 0. The van der Waals surface area contributed by atoms with Gasteiger partial charge in [0, 0.05) is 5.92 Å². The minimum Gasteiger partial charge on any atom is -0.295 e. The van der Waals surface area contributed by atoms with Gasteiger partial charge in [0.2, 0.25) is 0 Å². The summed E-state index contributed by atoms with van der Waals surface area (Å²) in [6.45, 7) is 2.22. The molecule has 2 rings (SSSR count). The normalized spacial score (nSPS) is 31.5. The van der Waals surface area contributed by atoms with E-state index in [1.54, 1.807) is 0 Å². The van der Waals surface area contributed by atoms with E-state index in [4.69, 9.17) is 0 Å². The highest BCUT2D eigenvalue weighted by Crippen LogP contribution is 2.42. The average Bonchev–Trinajstić information content (AvgIpc) is 2.54. The molecule has 2 atom stereocenters. The summed E-state index contributed by atoms with van der Waals surface area (Å²) in [6.07, 6.45) is 10.6. The Morgan fingerprint density at radius 1 is 1.29 bits per heavy atom. The van der Waals surface area contributed by atoms with Crippen molar-refractivity contribution in [1.82, 2.24) is 0 Å². The van der Waals surface area contributed by atoms with Gasteiger partial charge in [0.15, 0.2) is 5.78 Å². The second-order valence-electron chi connectivity index (χ2n) is 4.72. The molecule has 0 N–H and O–H groups in total. The monoisotopic (exact) mass is 192 g/mol. The fraction of sp³-hybridized carbons (Fsp3) is 0.769. The van der Waals surface area contributed by atoms with Gasteiger partial charge in [0.25, 0.3) is 0 Å². The predicted molar refractivity (Wildman–Crippen MR) is 58.1 cm³/mol. The highest BCUT2D eigenvalue weighted by molar-refractivity contribution is 5.95. The Morgan fingerprint density at radius 2 is 2.00 bits per heavy atom. The predicted octanol–water partition coefficient (Wildman–Crippen LogP) is 3.49. The number of carbonyl (C=O) groups is 1. The zero-order valence-corrected chi connectivity index (χ0v) is 9.09. The molecule has 1 nitrogen and oxygen atoms in total. The van der Waals surface area contributed by atoms with Crippen LogP contribution < -0.4 is 0 Å². The molecular weight excluding hydrogens is 172 g/mol. The van der Waals surface area contributed by atoms with Crippen LogP contribution in [0.3, 0.4) is 0 Å². The Morgan fingerprint density at radius 3 is 2.71 bits per heavy atom. The van der Waals surface area contributed by atoms with Crippen LogP contribution >= 0.6 is 0 Å². The van der Waals surface area contributed by atoms with Crippen LogP contribution in [0.25, 0.3) is 0 Å². The summed E-state index contributed by atoms with van der Waals surface area (Å²) in [5.74, 6) is 1.46. The third kappa shape index (κ3) is 1.77. The lowest BCUT2D eigenvalue weighted by Gasteiger charge is -2.26. The molecular formula is C13H20O. The van der Waals surface area contributed by atoms with E-state index in [1.807, 2.05) is 6.08 Å². The summed E-state index contributed by atoms with van der Waals surface area (Å²) in [5, 5.41) is 0. The Balaban J connectivity index is 2.02. The summed E-state index contributed by atoms with van der Waals surface area (Å²) >= 11 is 0. The highest BCUT2D eigenvalue weighted by Gasteiger charge is 2.36. The number of rotatable bonds is 3. The Bertz CT molecular complexity index is 252. The molecule has 0 heterocycles. The van der Waals surface area contributed by atoms with Crippen molar-refractivity contribution in [3.8, 4) is 0 Å². The molecule has 0 unspecified atom stereocenters. The molecule has 2 aliphatic carbocycles. The first-order valence-electron chi connectivity index (χ1n) is 6.07. The Hall–Kier alpha value is -0.590. The van der Waals surface area contributed by atoms with Crippen molar-refractivity contribution >= 4 is 5.78 Å². The summed E-state index contributed by atoms with van der Waals surface area (Å²) in [5.41, 5.74) is 1.47. The number of unbranched alkanes of at least 4 members (excludes halogenated alkanes) is 1. The minimum absolute atomic E-state index is 0.385. The van der Waals surface area contributed by atoms with E-state index in [9.17, 15) is 4.79 Å². The molecule has 14 heavy (non-hydrogen) atoms. The Labute approximate surface area is 86.6 Å². The molecule has 0 radical (unpaired) electrons. The zero-order chi connectivity index (χ0) is 9.97. The number of allylic oxidation sites excluding steroid dienone is 2. The van der Waals surface area contributed by atoms with Gasteiger partial charge in [-0.25, -0.2) is 0 Å². The van der Waals surface area contributed by atoms with Crippen LogP contribution in [0.5, 0.6) is 0 Å². The van der Waals surface area contributed by atoms with Crippen molar-refractivity contribution in [2.75, 3.05) is 0 Å². The van der Waals surface area contributed by atoms with Crippen molar-refractivity contribution < 1.29 is 4.79 Å². The maximum Gasteiger partial charge on any atom is 0.159 e. The SMILES string of the molecule is CCCCC1=CC(=O)[C@@H]2CCCC[C@H]12. The molecule has 0 aromatic rings. The molecule has 1 saturated carbocycles. The van der Waals surface area contributed by atoms with Crippen LogP contribution in [0, 0.1) is 11.8 Å². The van der Waals surface area contributed by atoms with Crippen molar-refractivity contribution in [1.29, 1.82) is 0 Å². The van der Waals surface area contributed by atoms with Crippen LogP contribution in [-0.4, -0.2) is 5.78 Å². The van der Waals surface area contributed by atoms with E-state index in [1.165, 1.54) is 44.1 Å². The highest BCUT2D eigenvalue weighted by atomic mass is 16.1. The first kappa shape index (κ1) is 9.95. The van der Waals surface area contributed by atoms with Gasteiger partial charge in [-0.1, -0.05) is 31.8 Å². The lowest BCUT2D eigenvalue weighted by molar-refractivity contribution is -0.119. The van der Waals surface area contributed by atoms with Crippen LogP contribution in [0.4, 0.5) is 0 Å². The number of ketones is 1. The average molecular weight is 192 g/mol. The lowest BCUT2D eigenvalue weighted by Crippen LogP contribution is -2.21. The lowest BCUT2D eigenvalue weighted by atomic mass is 9.77. The first-order valence-corrected chi connectivity index (χ1v) is 6.07. The van der Waals surface area contributed by atoms with Gasteiger partial charge in [0.05, 0.1) is 0 Å². The number of carbonyl (C=O) groups excluding carboxylic acids is 1. The number of hydrogen-bond acceptors (Lipinski definition) is 1. The first-order chi connectivity index (χ1) is 6.83. The summed E-state index contributed by atoms with van der Waals surface area (Å²) in [7, 11) is 0. The smallest absolute Gasteiger partial charge is 0.159 e. The number of hydrogen-bond donors (Lipinski definition) is 0. The van der Waals surface area contributed by atoms with E-state index < -0.39 is 0 Å². The third-order valence-corrected chi connectivity index (χ3v) is 3.75. The fourth-order valence-corrected chi connectivity index (χ4v) is 2.95. The fourth-order valence-electron chi connectivity index (χ4n) is 2.95. The topological polar surface area (TPSA) is 17.1 Å². The summed E-state index contributed by atoms with van der Waals surface area (Å²) in [4.78, 5) is 11.7. The van der Waals surface area contributed by atoms with Gasteiger partial charge in [-0.2, -0.15) is 0 Å². The van der Waals surface area contributed by atoms with Gasteiger partial charge in [-0.15, -0.1) is 0 Å². The second-order valence-corrected chi connectivity index (χ2v) is 4.72. The standard InChI is InChI=1S/C13H20O/c1-2-3-6-10-9-13(14)12-8-5-4-7-11(10)12/h9,11-12H,2-8H2,1H3/t11-,12-/m1/s1. The maximum atomic E-state index is 11.7. The molecule has 0 bridgehead atoms. The summed E-state index contributed by atoms with van der Waals surface area (Å²) < 4.78 is 0. The minimum atomic E-state index is 0.385. The number of fused-ring (bicyclic) bond motifs is 1. The van der Waals surface area contributed by atoms with Crippen LogP contribution in [0.2, 0.25) is 0 Å². The molecule has 0 saturated heterocycles. The quantitative estimate of drug-likeness (QED) is 0.669. The van der Waals surface area contributed by atoms with E-state index >= 15 is 0 Å². The van der Waals surface area contributed by atoms with E-state index in [2.05, 4.69) is 6.92 Å². The maximum absolute atomic E-state index is 11.7. The molecule has 78 valence electrons. The van der Waals surface area contributed by atoms with Crippen LogP contribution in [-0.2, 0) is 4.79 Å². The zero-order valence-electron chi connectivity index (χ0n) is 9.09. The van der Waals surface area contributed by atoms with E-state index in [0.717, 1.165) is 6.42 Å². The van der Waals surface area contributed by atoms with Gasteiger partial charge < -0.3 is 0 Å². The second kappa shape index (κ2) is 4.29. The molecule has 1 fully saturated rings. The van der Waals surface area contributed by atoms with Gasteiger partial charge in [-0.05, 0) is 37.7 Å². The molecule has 0 amide bonds. The third-order valence-electron chi connectivity index (χ3n) is 3.75. The Kier molecular flexibility index (Phi) is 3.05. The molecule has 0 aromatic carbocycles. The van der Waals surface area contributed by atoms with Crippen LogP contribution in [0.1, 0.15) is 51.9 Å². The van der Waals surface area contributed by atoms with Gasteiger partial charge >= 0.3 is 0 Å². The molecule has 0 aliphatic heterocycles. The van der Waals surface area contributed by atoms with E-state index in [-0.39, 0.29) is 0 Å². The van der Waals surface area contributed by atoms with E-state index in [0.29, 0.717) is 17.6 Å². The molecule has 1 heteroatoms. The molecule has 0 spiro atoms. The molecule has 0 aromatic heterocycles. The van der Waals surface area contributed by atoms with Gasteiger partial charge in [0.1, 0.15) is 0 Å². The van der Waals surface area contributed by atoms with Crippen molar-refractivity contribution in [3.63, 3.8) is 0 Å². The van der Waals surface area contributed by atoms with Gasteiger partial charge in [-0.3, -0.25) is 4.79 Å². The van der Waals surface area contributed by atoms with Crippen molar-refractivity contribution in [2.24, 2.45) is 11.8 Å². The van der Waals surface area contributed by atoms with Crippen molar-refractivity contribution in [3.05, 3.63) is 11.6 Å². The molecule has 2 aliphatic rings. The largest absolute Gasteiger partial charge is 0.295 e. The van der Waals surface area contributed by atoms with Crippen LogP contribution in [0.15, 0.2) is 11.6 Å². The van der Waals surface area contributed by atoms with Crippen molar-refractivity contribution in [2.45, 2.75) is 51.9 Å².